The fraction of sp³-hybridized carbons (Fsp3) is 0.333. The molecule has 0 saturated heterocycles. The third kappa shape index (κ3) is 1.25. The van der Waals surface area contributed by atoms with Gasteiger partial charge in [-0.1, -0.05) is 0 Å². The molecule has 0 saturated carbocycles. The molecule has 2 aromatic heterocycles. The van der Waals surface area contributed by atoms with E-state index in [0.29, 0.717) is 5.52 Å². The van der Waals surface area contributed by atoms with Crippen LogP contribution >= 0.6 is 0 Å². The van der Waals surface area contributed by atoms with Gasteiger partial charge in [-0.2, -0.15) is 8.78 Å². The van der Waals surface area contributed by atoms with Crippen molar-refractivity contribution >= 4 is 11.2 Å². The van der Waals surface area contributed by atoms with Gasteiger partial charge >= 0.3 is 6.55 Å². The van der Waals surface area contributed by atoms with Crippen molar-refractivity contribution in [1.82, 2.24) is 14.5 Å². The van der Waals surface area contributed by atoms with Crippen molar-refractivity contribution in [2.45, 2.75) is 20.4 Å². The minimum absolute atomic E-state index is 0.239. The van der Waals surface area contributed by atoms with E-state index < -0.39 is 6.55 Å². The number of rotatable bonds is 1. The molecule has 3 nitrogen and oxygen atoms in total. The molecule has 0 aromatic carbocycles. The van der Waals surface area contributed by atoms with Crippen LogP contribution in [0.4, 0.5) is 8.78 Å². The van der Waals surface area contributed by atoms with Crippen molar-refractivity contribution in [3.05, 3.63) is 23.7 Å². The lowest BCUT2D eigenvalue weighted by atomic mass is 10.2. The number of aromatic nitrogens is 3. The molecule has 2 rings (SSSR count). The zero-order valence-corrected chi connectivity index (χ0v) is 7.83. The van der Waals surface area contributed by atoms with E-state index in [1.54, 1.807) is 13.0 Å². The normalized spacial score (nSPS) is 11.5. The summed E-state index contributed by atoms with van der Waals surface area (Å²) in [6.45, 7) is 1.08. The highest BCUT2D eigenvalue weighted by Gasteiger charge is 2.12. The van der Waals surface area contributed by atoms with Crippen molar-refractivity contribution in [2.75, 3.05) is 0 Å². The molecule has 0 fully saturated rings. The first-order chi connectivity index (χ1) is 6.59. The molecule has 0 atom stereocenters. The van der Waals surface area contributed by atoms with Gasteiger partial charge < -0.3 is 0 Å². The summed E-state index contributed by atoms with van der Waals surface area (Å²) in [5, 5.41) is 0. The van der Waals surface area contributed by atoms with Gasteiger partial charge in [0.2, 0.25) is 0 Å². The summed E-state index contributed by atoms with van der Waals surface area (Å²) in [6, 6.07) is 1.76. The Labute approximate surface area is 79.4 Å². The van der Waals surface area contributed by atoms with E-state index in [1.807, 2.05) is 6.92 Å². The van der Waals surface area contributed by atoms with E-state index in [-0.39, 0.29) is 5.65 Å². The maximum absolute atomic E-state index is 12.4. The number of halogens is 2. The molecule has 0 aliphatic rings. The van der Waals surface area contributed by atoms with Gasteiger partial charge in [-0.15, -0.1) is 0 Å². The van der Waals surface area contributed by atoms with Crippen LogP contribution in [-0.4, -0.2) is 14.5 Å². The molecular weight excluding hydrogens is 188 g/mol. The van der Waals surface area contributed by atoms with Crippen LogP contribution in [0.25, 0.3) is 11.2 Å². The van der Waals surface area contributed by atoms with E-state index >= 15 is 0 Å². The molecule has 0 aliphatic carbocycles. The summed E-state index contributed by atoms with van der Waals surface area (Å²) in [4.78, 5) is 7.94. The Morgan fingerprint density at radius 3 is 2.71 bits per heavy atom. The van der Waals surface area contributed by atoms with Crippen LogP contribution in [-0.2, 0) is 0 Å². The Morgan fingerprint density at radius 2 is 2.07 bits per heavy atom. The lowest BCUT2D eigenvalue weighted by molar-refractivity contribution is 0.0740. The quantitative estimate of drug-likeness (QED) is 0.703. The van der Waals surface area contributed by atoms with E-state index in [2.05, 4.69) is 9.97 Å². The second-order valence-electron chi connectivity index (χ2n) is 3.16. The smallest absolute Gasteiger partial charge is 0.257 e. The summed E-state index contributed by atoms with van der Waals surface area (Å²) >= 11 is 0. The Kier molecular flexibility index (Phi) is 1.94. The highest BCUT2D eigenvalue weighted by molar-refractivity contribution is 5.71. The topological polar surface area (TPSA) is 30.7 Å². The van der Waals surface area contributed by atoms with Crippen LogP contribution < -0.4 is 0 Å². The van der Waals surface area contributed by atoms with Crippen molar-refractivity contribution in [1.29, 1.82) is 0 Å². The molecular formula is C9H9F2N3. The molecule has 2 aromatic rings. The molecule has 0 bridgehead atoms. The summed E-state index contributed by atoms with van der Waals surface area (Å²) in [5.74, 6) is 0. The predicted octanol–water partition coefficient (Wildman–Crippen LogP) is 2.44. The zero-order chi connectivity index (χ0) is 10.3. The summed E-state index contributed by atoms with van der Waals surface area (Å²) in [6.07, 6.45) is 1.11. The largest absolute Gasteiger partial charge is 0.321 e. The van der Waals surface area contributed by atoms with Gasteiger partial charge in [-0.25, -0.2) is 9.97 Å². The first kappa shape index (κ1) is 9.05. The first-order valence-corrected chi connectivity index (χ1v) is 4.18. The fourth-order valence-electron chi connectivity index (χ4n) is 1.29. The maximum atomic E-state index is 12.4. The number of hydrogen-bond acceptors (Lipinski definition) is 2. The number of nitrogens with zero attached hydrogens (tertiary/aromatic N) is 3. The van der Waals surface area contributed by atoms with Gasteiger partial charge in [0.05, 0.1) is 0 Å². The second-order valence-corrected chi connectivity index (χ2v) is 3.16. The monoisotopic (exact) mass is 197 g/mol. The minimum Gasteiger partial charge on any atom is -0.257 e. The van der Waals surface area contributed by atoms with Crippen LogP contribution in [0.3, 0.4) is 0 Å². The van der Waals surface area contributed by atoms with Gasteiger partial charge in [0.1, 0.15) is 11.8 Å². The molecule has 2 heterocycles. The maximum Gasteiger partial charge on any atom is 0.321 e. The molecule has 0 radical (unpaired) electrons. The molecule has 14 heavy (non-hydrogen) atoms. The lowest BCUT2D eigenvalue weighted by Gasteiger charge is -2.02. The lowest BCUT2D eigenvalue weighted by Crippen LogP contribution is -1.98. The van der Waals surface area contributed by atoms with Crippen LogP contribution in [0.15, 0.2) is 12.4 Å². The SMILES string of the molecule is Cc1cc2ncn(C(F)F)c2nc1C. The zero-order valence-electron chi connectivity index (χ0n) is 7.83. The van der Waals surface area contributed by atoms with E-state index in [0.717, 1.165) is 22.2 Å². The number of hydrogen-bond donors (Lipinski definition) is 0. The highest BCUT2D eigenvalue weighted by Crippen LogP contribution is 2.19. The van der Waals surface area contributed by atoms with Crippen LogP contribution in [0, 0.1) is 13.8 Å². The highest BCUT2D eigenvalue weighted by atomic mass is 19.3. The standard InChI is InChI=1S/C9H9F2N3/c1-5-3-7-8(13-6(5)2)14(4-12-7)9(10)11/h3-4,9H,1-2H3. The summed E-state index contributed by atoms with van der Waals surface area (Å²) < 4.78 is 25.7. The molecule has 0 aliphatic heterocycles. The van der Waals surface area contributed by atoms with E-state index in [9.17, 15) is 8.78 Å². The fourth-order valence-corrected chi connectivity index (χ4v) is 1.29. The molecule has 0 unspecified atom stereocenters. The number of fused-ring (bicyclic) bond motifs is 1. The van der Waals surface area contributed by atoms with Gasteiger partial charge in [0.15, 0.2) is 5.65 Å². The number of alkyl halides is 2. The van der Waals surface area contributed by atoms with Gasteiger partial charge in [-0.05, 0) is 25.5 Å². The summed E-state index contributed by atoms with van der Waals surface area (Å²) in [5.41, 5.74) is 2.45. The number of aryl methyl sites for hydroxylation is 2. The first-order valence-electron chi connectivity index (χ1n) is 4.18. The molecule has 5 heteroatoms. The average molecular weight is 197 g/mol. The Balaban J connectivity index is 2.74. The second kappa shape index (κ2) is 3.01. The third-order valence-corrected chi connectivity index (χ3v) is 2.20. The van der Waals surface area contributed by atoms with Crippen LogP contribution in [0.5, 0.6) is 0 Å². The van der Waals surface area contributed by atoms with Crippen molar-refractivity contribution in [3.8, 4) is 0 Å². The van der Waals surface area contributed by atoms with Crippen molar-refractivity contribution < 1.29 is 8.78 Å². The average Bonchev–Trinajstić information content (AvgIpc) is 2.48. The van der Waals surface area contributed by atoms with E-state index in [4.69, 9.17) is 0 Å². The Bertz CT molecular complexity index is 476. The number of imidazole rings is 1. The molecule has 74 valence electrons. The number of pyridine rings is 1. The van der Waals surface area contributed by atoms with Gasteiger partial charge in [0.25, 0.3) is 0 Å². The van der Waals surface area contributed by atoms with E-state index in [1.165, 1.54) is 0 Å². The van der Waals surface area contributed by atoms with Crippen LogP contribution in [0.1, 0.15) is 17.8 Å². The van der Waals surface area contributed by atoms with Crippen molar-refractivity contribution in [2.24, 2.45) is 0 Å². The molecule has 0 amide bonds. The van der Waals surface area contributed by atoms with Gasteiger partial charge in [-0.3, -0.25) is 4.57 Å². The minimum atomic E-state index is -2.59. The Hall–Kier alpha value is -1.52. The molecule has 0 spiro atoms. The molecule has 0 N–H and O–H groups in total. The van der Waals surface area contributed by atoms with Gasteiger partial charge in [0, 0.05) is 5.69 Å². The van der Waals surface area contributed by atoms with Crippen molar-refractivity contribution in [3.63, 3.8) is 0 Å². The third-order valence-electron chi connectivity index (χ3n) is 2.20. The Morgan fingerprint density at radius 1 is 1.36 bits per heavy atom. The summed E-state index contributed by atoms with van der Waals surface area (Å²) in [7, 11) is 0. The van der Waals surface area contributed by atoms with Crippen LogP contribution in [0.2, 0.25) is 0 Å². The predicted molar refractivity (Wildman–Crippen MR) is 48.3 cm³/mol.